The van der Waals surface area contributed by atoms with Crippen LogP contribution in [0, 0.1) is 0 Å². The Bertz CT molecular complexity index is 280. The zero-order valence-corrected chi connectivity index (χ0v) is 9.95. The Morgan fingerprint density at radius 3 is 2.83 bits per heavy atom. The maximum absolute atomic E-state index is 10.5. The number of carbonyl (C=O) groups excluding carboxylic acids is 1. The standard InChI is InChI=1S/C7H7BrN2O.HI/c8-6-2-1-3-10(4-6)5-7(9)11;/h1-4H,5H2,(H-,9,11);1H. The van der Waals surface area contributed by atoms with Crippen LogP contribution in [-0.4, -0.2) is 5.91 Å². The molecule has 1 rings (SSSR count). The summed E-state index contributed by atoms with van der Waals surface area (Å²) < 4.78 is 2.65. The summed E-state index contributed by atoms with van der Waals surface area (Å²) in [5.74, 6) is -0.340. The average Bonchev–Trinajstić information content (AvgIpc) is 1.85. The van der Waals surface area contributed by atoms with Crippen molar-refractivity contribution < 1.29 is 33.3 Å². The van der Waals surface area contributed by atoms with Crippen LogP contribution in [0.4, 0.5) is 0 Å². The number of carbonyl (C=O) groups is 1. The van der Waals surface area contributed by atoms with Gasteiger partial charge < -0.3 is 29.7 Å². The fraction of sp³-hybridized carbons (Fsp3) is 0.143. The molecule has 12 heavy (non-hydrogen) atoms. The largest absolute Gasteiger partial charge is 1.00 e. The second-order valence-electron chi connectivity index (χ2n) is 2.16. The molecular formula is C7H8BrIN2O. The first-order chi connectivity index (χ1) is 5.18. The molecule has 66 valence electrons. The minimum Gasteiger partial charge on any atom is -1.00 e. The number of hydrogen-bond acceptors (Lipinski definition) is 1. The van der Waals surface area contributed by atoms with Crippen molar-refractivity contribution in [3.8, 4) is 0 Å². The smallest absolute Gasteiger partial charge is 0.283 e. The van der Waals surface area contributed by atoms with E-state index in [1.54, 1.807) is 17.0 Å². The predicted octanol–water partition coefficient (Wildman–Crippen LogP) is -2.77. The van der Waals surface area contributed by atoms with Crippen LogP contribution in [0.3, 0.4) is 0 Å². The van der Waals surface area contributed by atoms with Crippen LogP contribution in [0.15, 0.2) is 29.0 Å². The second-order valence-corrected chi connectivity index (χ2v) is 3.08. The molecule has 1 amide bonds. The van der Waals surface area contributed by atoms with E-state index in [9.17, 15) is 4.79 Å². The molecule has 0 fully saturated rings. The van der Waals surface area contributed by atoms with Crippen LogP contribution in [0.5, 0.6) is 0 Å². The molecule has 0 aromatic carbocycles. The van der Waals surface area contributed by atoms with Crippen LogP contribution in [0.2, 0.25) is 0 Å². The summed E-state index contributed by atoms with van der Waals surface area (Å²) >= 11 is 3.28. The number of pyridine rings is 1. The molecular weight excluding hydrogens is 335 g/mol. The van der Waals surface area contributed by atoms with E-state index in [1.165, 1.54) is 0 Å². The molecule has 1 aromatic rings. The van der Waals surface area contributed by atoms with Crippen molar-refractivity contribution in [2.75, 3.05) is 0 Å². The van der Waals surface area contributed by atoms with E-state index >= 15 is 0 Å². The number of primary amides is 1. The Morgan fingerprint density at radius 2 is 2.33 bits per heavy atom. The van der Waals surface area contributed by atoms with E-state index in [4.69, 9.17) is 5.73 Å². The van der Waals surface area contributed by atoms with Crippen molar-refractivity contribution in [1.82, 2.24) is 0 Å². The first-order valence-electron chi connectivity index (χ1n) is 3.11. The fourth-order valence-corrected chi connectivity index (χ4v) is 1.18. The van der Waals surface area contributed by atoms with Crippen molar-refractivity contribution in [2.24, 2.45) is 5.73 Å². The van der Waals surface area contributed by atoms with Crippen LogP contribution < -0.4 is 34.3 Å². The number of halogens is 2. The zero-order valence-electron chi connectivity index (χ0n) is 6.21. The highest BCUT2D eigenvalue weighted by Gasteiger charge is 2.03. The summed E-state index contributed by atoms with van der Waals surface area (Å²) in [5, 5.41) is 0. The summed E-state index contributed by atoms with van der Waals surface area (Å²) in [6.07, 6.45) is 3.58. The normalized spacial score (nSPS) is 8.75. The van der Waals surface area contributed by atoms with Gasteiger partial charge in [0.2, 0.25) is 6.54 Å². The molecule has 1 aromatic heterocycles. The molecule has 0 aliphatic heterocycles. The topological polar surface area (TPSA) is 47.0 Å². The van der Waals surface area contributed by atoms with Crippen molar-refractivity contribution in [2.45, 2.75) is 6.54 Å². The van der Waals surface area contributed by atoms with Gasteiger partial charge in [0.25, 0.3) is 5.91 Å². The van der Waals surface area contributed by atoms with E-state index in [0.29, 0.717) is 0 Å². The maximum Gasteiger partial charge on any atom is 0.283 e. The predicted molar refractivity (Wildman–Crippen MR) is 43.5 cm³/mol. The summed E-state index contributed by atoms with van der Waals surface area (Å²) in [5.41, 5.74) is 5.00. The molecule has 0 radical (unpaired) electrons. The summed E-state index contributed by atoms with van der Waals surface area (Å²) in [6, 6.07) is 3.73. The van der Waals surface area contributed by atoms with Crippen LogP contribution >= 0.6 is 15.9 Å². The van der Waals surface area contributed by atoms with E-state index < -0.39 is 0 Å². The Hall–Kier alpha value is -0.170. The lowest BCUT2D eigenvalue weighted by Crippen LogP contribution is -3.00. The van der Waals surface area contributed by atoms with Gasteiger partial charge in [-0.15, -0.1) is 0 Å². The van der Waals surface area contributed by atoms with Gasteiger partial charge >= 0.3 is 0 Å². The molecule has 0 saturated carbocycles. The SMILES string of the molecule is NC(=O)C[n+]1cccc(Br)c1.[I-]. The lowest BCUT2D eigenvalue weighted by Gasteiger charge is -1.91. The van der Waals surface area contributed by atoms with Gasteiger partial charge in [0.1, 0.15) is 0 Å². The van der Waals surface area contributed by atoms with Gasteiger partial charge in [-0.2, -0.15) is 4.57 Å². The highest BCUT2D eigenvalue weighted by atomic mass is 127. The molecule has 5 heteroatoms. The lowest BCUT2D eigenvalue weighted by atomic mass is 10.4. The highest BCUT2D eigenvalue weighted by molar-refractivity contribution is 9.10. The monoisotopic (exact) mass is 342 g/mol. The van der Waals surface area contributed by atoms with Gasteiger partial charge in [0.15, 0.2) is 12.4 Å². The highest BCUT2D eigenvalue weighted by Crippen LogP contribution is 2.02. The van der Waals surface area contributed by atoms with Crippen LogP contribution in [0.1, 0.15) is 0 Å². The number of amides is 1. The third kappa shape index (κ3) is 4.01. The Labute approximate surface area is 96.1 Å². The molecule has 0 unspecified atom stereocenters. The van der Waals surface area contributed by atoms with Gasteiger partial charge in [0, 0.05) is 6.07 Å². The van der Waals surface area contributed by atoms with Crippen LogP contribution in [-0.2, 0) is 11.3 Å². The van der Waals surface area contributed by atoms with Crippen molar-refractivity contribution in [3.05, 3.63) is 29.0 Å². The number of rotatable bonds is 2. The number of aromatic nitrogens is 1. The van der Waals surface area contributed by atoms with Gasteiger partial charge in [-0.05, 0) is 22.0 Å². The third-order valence-corrected chi connectivity index (χ3v) is 1.63. The van der Waals surface area contributed by atoms with Gasteiger partial charge in [-0.3, -0.25) is 4.79 Å². The summed E-state index contributed by atoms with van der Waals surface area (Å²) in [4.78, 5) is 10.5. The minimum atomic E-state index is -0.340. The van der Waals surface area contributed by atoms with Gasteiger partial charge in [-0.1, -0.05) is 0 Å². The number of hydrogen-bond donors (Lipinski definition) is 1. The molecule has 0 aliphatic rings. The molecule has 0 aliphatic carbocycles. The Kier molecular flexibility index (Phi) is 5.39. The number of nitrogens with zero attached hydrogens (tertiary/aromatic N) is 1. The molecule has 0 atom stereocenters. The van der Waals surface area contributed by atoms with E-state index in [2.05, 4.69) is 15.9 Å². The Morgan fingerprint density at radius 1 is 1.67 bits per heavy atom. The van der Waals surface area contributed by atoms with Crippen molar-refractivity contribution in [3.63, 3.8) is 0 Å². The quantitative estimate of drug-likeness (QED) is 0.459. The maximum atomic E-state index is 10.5. The van der Waals surface area contributed by atoms with E-state index in [0.717, 1.165) is 4.47 Å². The van der Waals surface area contributed by atoms with Gasteiger partial charge in [-0.25, -0.2) is 0 Å². The first kappa shape index (κ1) is 11.8. The summed E-state index contributed by atoms with van der Waals surface area (Å²) in [7, 11) is 0. The average molecular weight is 343 g/mol. The molecule has 3 nitrogen and oxygen atoms in total. The molecule has 1 heterocycles. The molecule has 0 spiro atoms. The van der Waals surface area contributed by atoms with E-state index in [1.807, 2.05) is 12.1 Å². The lowest BCUT2D eigenvalue weighted by molar-refractivity contribution is -0.684. The Balaban J connectivity index is 0.00000121. The summed E-state index contributed by atoms with van der Waals surface area (Å²) in [6.45, 7) is 0.222. The molecule has 0 saturated heterocycles. The molecule has 2 N–H and O–H groups in total. The van der Waals surface area contributed by atoms with Crippen molar-refractivity contribution in [1.29, 1.82) is 0 Å². The first-order valence-corrected chi connectivity index (χ1v) is 3.90. The van der Waals surface area contributed by atoms with Gasteiger partial charge in [0.05, 0.1) is 4.47 Å². The minimum absolute atomic E-state index is 0. The fourth-order valence-electron chi connectivity index (χ4n) is 0.768. The third-order valence-electron chi connectivity index (χ3n) is 1.16. The van der Waals surface area contributed by atoms with Crippen LogP contribution in [0.25, 0.3) is 0 Å². The second kappa shape index (κ2) is 5.47. The number of nitrogens with two attached hydrogens (primary N) is 1. The van der Waals surface area contributed by atoms with Crippen molar-refractivity contribution >= 4 is 21.8 Å². The molecule has 0 bridgehead atoms. The zero-order chi connectivity index (χ0) is 8.27. The van der Waals surface area contributed by atoms with E-state index in [-0.39, 0.29) is 36.4 Å².